The smallest absolute Gasteiger partial charge is 0.0104 e. The molecule has 0 N–H and O–H groups in total. The van der Waals surface area contributed by atoms with E-state index in [0.717, 1.165) is 12.8 Å². The first-order valence-corrected chi connectivity index (χ1v) is 5.03. The summed E-state index contributed by atoms with van der Waals surface area (Å²) in [5.41, 5.74) is 1.41. The Bertz CT molecular complexity index is 297. The van der Waals surface area contributed by atoms with E-state index in [9.17, 15) is 0 Å². The van der Waals surface area contributed by atoms with Crippen molar-refractivity contribution in [2.75, 3.05) is 0 Å². The van der Waals surface area contributed by atoms with Gasteiger partial charge in [-0.25, -0.2) is 0 Å². The van der Waals surface area contributed by atoms with Crippen molar-refractivity contribution in [2.45, 2.75) is 25.2 Å². The van der Waals surface area contributed by atoms with Gasteiger partial charge in [0.15, 0.2) is 0 Å². The fourth-order valence-corrected chi connectivity index (χ4v) is 1.59. The average molecular weight is 186 g/mol. The summed E-state index contributed by atoms with van der Waals surface area (Å²) in [5, 5.41) is 0. The molecule has 0 aliphatic heterocycles. The molecule has 1 aromatic rings. The Morgan fingerprint density at radius 3 is 2.36 bits per heavy atom. The molecule has 1 aromatic carbocycles. The van der Waals surface area contributed by atoms with Crippen molar-refractivity contribution in [3.05, 3.63) is 61.2 Å². The van der Waals surface area contributed by atoms with Crippen molar-refractivity contribution in [3.8, 4) is 0 Å². The van der Waals surface area contributed by atoms with Gasteiger partial charge in [-0.3, -0.25) is 0 Å². The molecule has 0 saturated carbocycles. The highest BCUT2D eigenvalue weighted by Crippen LogP contribution is 2.29. The van der Waals surface area contributed by atoms with Crippen LogP contribution in [0.2, 0.25) is 0 Å². The number of benzene rings is 1. The van der Waals surface area contributed by atoms with Crippen molar-refractivity contribution in [1.82, 2.24) is 0 Å². The van der Waals surface area contributed by atoms with Crippen LogP contribution in [0, 0.1) is 0 Å². The van der Waals surface area contributed by atoms with E-state index in [1.807, 2.05) is 18.2 Å². The van der Waals surface area contributed by atoms with Crippen molar-refractivity contribution in [1.29, 1.82) is 0 Å². The van der Waals surface area contributed by atoms with Gasteiger partial charge in [0.1, 0.15) is 0 Å². The summed E-state index contributed by atoms with van der Waals surface area (Å²) in [4.78, 5) is 0. The van der Waals surface area contributed by atoms with Gasteiger partial charge in [-0.05, 0) is 18.4 Å². The van der Waals surface area contributed by atoms with E-state index in [0.29, 0.717) is 0 Å². The Labute approximate surface area is 87.0 Å². The van der Waals surface area contributed by atoms with Crippen LogP contribution in [0.25, 0.3) is 0 Å². The zero-order chi connectivity index (χ0) is 10.4. The van der Waals surface area contributed by atoms with E-state index >= 15 is 0 Å². The number of hydrogen-bond acceptors (Lipinski definition) is 0. The molecule has 1 atom stereocenters. The largest absolute Gasteiger partial charge is 0.103 e. The molecule has 1 rings (SSSR count). The first-order chi connectivity index (χ1) is 6.73. The van der Waals surface area contributed by atoms with Gasteiger partial charge >= 0.3 is 0 Å². The molecule has 0 aliphatic carbocycles. The van der Waals surface area contributed by atoms with Crippen molar-refractivity contribution < 1.29 is 0 Å². The standard InChI is InChI=1S/C14H18/c1-4-6-12-14(3,5-2)13-10-8-7-9-11-13/h4-5,7-11H,1-2,6,12H2,3H3. The molecule has 0 saturated heterocycles. The van der Waals surface area contributed by atoms with Crippen molar-refractivity contribution in [3.63, 3.8) is 0 Å². The van der Waals surface area contributed by atoms with Crippen molar-refractivity contribution in [2.24, 2.45) is 0 Å². The van der Waals surface area contributed by atoms with Crippen LogP contribution >= 0.6 is 0 Å². The molecule has 0 bridgehead atoms. The predicted molar refractivity (Wildman–Crippen MR) is 63.4 cm³/mol. The Hall–Kier alpha value is -1.30. The van der Waals surface area contributed by atoms with E-state index in [-0.39, 0.29) is 5.41 Å². The van der Waals surface area contributed by atoms with E-state index in [4.69, 9.17) is 0 Å². The first-order valence-electron chi connectivity index (χ1n) is 5.03. The second-order valence-electron chi connectivity index (χ2n) is 3.81. The third-order valence-electron chi connectivity index (χ3n) is 2.75. The van der Waals surface area contributed by atoms with E-state index < -0.39 is 0 Å². The maximum absolute atomic E-state index is 3.93. The number of allylic oxidation sites excluding steroid dienone is 2. The first kappa shape index (κ1) is 10.8. The van der Waals surface area contributed by atoms with Crippen molar-refractivity contribution >= 4 is 0 Å². The summed E-state index contributed by atoms with van der Waals surface area (Å²) in [7, 11) is 0. The second-order valence-corrected chi connectivity index (χ2v) is 3.81. The molecule has 0 radical (unpaired) electrons. The van der Waals surface area contributed by atoms with Gasteiger partial charge in [0, 0.05) is 5.41 Å². The molecule has 0 heteroatoms. The van der Waals surface area contributed by atoms with E-state index in [2.05, 4.69) is 44.3 Å². The quantitative estimate of drug-likeness (QED) is 0.607. The van der Waals surface area contributed by atoms with Crippen LogP contribution in [0.15, 0.2) is 55.6 Å². The van der Waals surface area contributed by atoms with Crippen LogP contribution in [-0.4, -0.2) is 0 Å². The Kier molecular flexibility index (Phi) is 3.70. The number of hydrogen-bond donors (Lipinski definition) is 0. The summed E-state index contributed by atoms with van der Waals surface area (Å²) in [6.07, 6.45) is 6.10. The molecule has 14 heavy (non-hydrogen) atoms. The molecule has 0 spiro atoms. The molecule has 0 amide bonds. The lowest BCUT2D eigenvalue weighted by Gasteiger charge is -2.25. The summed E-state index contributed by atoms with van der Waals surface area (Å²) < 4.78 is 0. The van der Waals surface area contributed by atoms with E-state index in [1.54, 1.807) is 0 Å². The Balaban J connectivity index is 2.89. The highest BCUT2D eigenvalue weighted by atomic mass is 14.2. The van der Waals surface area contributed by atoms with Gasteiger partial charge < -0.3 is 0 Å². The average Bonchev–Trinajstić information content (AvgIpc) is 2.27. The predicted octanol–water partition coefficient (Wildman–Crippen LogP) is 4.10. The van der Waals surface area contributed by atoms with Gasteiger partial charge in [0.2, 0.25) is 0 Å². The van der Waals surface area contributed by atoms with Crippen LogP contribution in [0.5, 0.6) is 0 Å². The summed E-state index contributed by atoms with van der Waals surface area (Å²) in [6, 6.07) is 10.5. The summed E-state index contributed by atoms with van der Waals surface area (Å²) in [6.45, 7) is 9.91. The minimum Gasteiger partial charge on any atom is -0.103 e. The maximum atomic E-state index is 3.93. The summed E-state index contributed by atoms with van der Waals surface area (Å²) in [5.74, 6) is 0. The SMILES string of the molecule is C=CCCC(C)(C=C)c1ccccc1. The van der Waals surface area contributed by atoms with E-state index in [1.165, 1.54) is 5.56 Å². The monoisotopic (exact) mass is 186 g/mol. The molecular weight excluding hydrogens is 168 g/mol. The normalized spacial score (nSPS) is 14.4. The molecule has 0 aromatic heterocycles. The van der Waals surface area contributed by atoms with Crippen LogP contribution in [0.3, 0.4) is 0 Å². The zero-order valence-corrected chi connectivity index (χ0v) is 8.87. The van der Waals surface area contributed by atoms with Gasteiger partial charge in [-0.15, -0.1) is 13.2 Å². The van der Waals surface area contributed by atoms with Gasteiger partial charge in [0.05, 0.1) is 0 Å². The molecule has 0 aliphatic rings. The fourth-order valence-electron chi connectivity index (χ4n) is 1.59. The highest BCUT2D eigenvalue weighted by Gasteiger charge is 2.20. The number of rotatable bonds is 5. The second kappa shape index (κ2) is 4.80. The molecule has 0 fully saturated rings. The minimum absolute atomic E-state index is 0.0788. The molecular formula is C14H18. The minimum atomic E-state index is 0.0788. The van der Waals surface area contributed by atoms with Crippen LogP contribution in [0.1, 0.15) is 25.3 Å². The molecule has 0 heterocycles. The lowest BCUT2D eigenvalue weighted by molar-refractivity contribution is 0.547. The lowest BCUT2D eigenvalue weighted by Crippen LogP contribution is -2.17. The highest BCUT2D eigenvalue weighted by molar-refractivity contribution is 5.29. The maximum Gasteiger partial charge on any atom is 0.0104 e. The third kappa shape index (κ3) is 2.35. The molecule has 0 nitrogen and oxygen atoms in total. The van der Waals surface area contributed by atoms with Gasteiger partial charge in [0.25, 0.3) is 0 Å². The molecule has 74 valence electrons. The van der Waals surface area contributed by atoms with Gasteiger partial charge in [-0.2, -0.15) is 0 Å². The zero-order valence-electron chi connectivity index (χ0n) is 8.87. The van der Waals surface area contributed by atoms with Gasteiger partial charge in [-0.1, -0.05) is 49.4 Å². The molecule has 1 unspecified atom stereocenters. The van der Waals surface area contributed by atoms with Crippen LogP contribution in [-0.2, 0) is 5.41 Å². The topological polar surface area (TPSA) is 0 Å². The Morgan fingerprint density at radius 2 is 1.86 bits per heavy atom. The van der Waals surface area contributed by atoms with Crippen LogP contribution in [0.4, 0.5) is 0 Å². The van der Waals surface area contributed by atoms with Crippen LogP contribution < -0.4 is 0 Å². The lowest BCUT2D eigenvalue weighted by atomic mass is 9.79. The third-order valence-corrected chi connectivity index (χ3v) is 2.75. The Morgan fingerprint density at radius 1 is 1.21 bits per heavy atom. The fraction of sp³-hybridized carbons (Fsp3) is 0.286. The summed E-state index contributed by atoms with van der Waals surface area (Å²) >= 11 is 0.